The van der Waals surface area contributed by atoms with Crippen LogP contribution >= 0.6 is 11.7 Å². The van der Waals surface area contributed by atoms with E-state index >= 15 is 0 Å². The van der Waals surface area contributed by atoms with E-state index in [9.17, 15) is 4.79 Å². The quantitative estimate of drug-likeness (QED) is 0.390. The zero-order valence-electron chi connectivity index (χ0n) is 7.91. The minimum atomic E-state index is -3.97. The number of nitrogens with one attached hydrogen (secondary N) is 1. The number of hydrogen-bond acceptors (Lipinski definition) is 3. The van der Waals surface area contributed by atoms with E-state index in [2.05, 4.69) is 17.0 Å². The topological polar surface area (TPSA) is 83.5 Å². The number of carbonyl (C=O) groups is 1. The number of benzene rings is 1. The van der Waals surface area contributed by atoms with Crippen molar-refractivity contribution < 1.29 is 17.8 Å². The normalized spacial score (nSPS) is 9.80. The van der Waals surface area contributed by atoms with Crippen LogP contribution < -0.4 is 5.32 Å². The van der Waals surface area contributed by atoms with Gasteiger partial charge < -0.3 is 5.32 Å². The number of rotatable bonds is 1. The molecular formula is C8H11NO4S2. The third-order valence-electron chi connectivity index (χ3n) is 1.26. The Hall–Kier alpha value is -1.05. The highest BCUT2D eigenvalue weighted by molar-refractivity contribution is 8.61. The minimum Gasteiger partial charge on any atom is -0.355 e. The van der Waals surface area contributed by atoms with Gasteiger partial charge in [0.15, 0.2) is 0 Å². The van der Waals surface area contributed by atoms with Crippen molar-refractivity contribution in [2.75, 3.05) is 7.05 Å². The molecule has 1 rings (SSSR count). The van der Waals surface area contributed by atoms with Crippen molar-refractivity contribution in [3.63, 3.8) is 0 Å². The van der Waals surface area contributed by atoms with E-state index in [0.717, 1.165) is 0 Å². The molecule has 0 bridgehead atoms. The zero-order valence-corrected chi connectivity index (χ0v) is 9.63. The molecule has 0 fully saturated rings. The van der Waals surface area contributed by atoms with Gasteiger partial charge in [0.25, 0.3) is 5.91 Å². The van der Waals surface area contributed by atoms with Crippen molar-refractivity contribution in [2.45, 2.75) is 0 Å². The monoisotopic (exact) mass is 249 g/mol. The summed E-state index contributed by atoms with van der Waals surface area (Å²) in [6.07, 6.45) is 0. The number of thiol groups is 1. The van der Waals surface area contributed by atoms with Crippen molar-refractivity contribution in [1.82, 2.24) is 5.32 Å². The summed E-state index contributed by atoms with van der Waals surface area (Å²) in [6.45, 7) is 0. The van der Waals surface area contributed by atoms with Crippen LogP contribution in [0.3, 0.4) is 0 Å². The molecule has 2 N–H and O–H groups in total. The van der Waals surface area contributed by atoms with E-state index in [1.54, 1.807) is 19.2 Å². The summed E-state index contributed by atoms with van der Waals surface area (Å²) < 4.78 is 25.5. The van der Waals surface area contributed by atoms with Crippen LogP contribution in [0.1, 0.15) is 10.4 Å². The van der Waals surface area contributed by atoms with Crippen LogP contribution in [0.4, 0.5) is 0 Å². The summed E-state index contributed by atoms with van der Waals surface area (Å²) in [4.78, 5) is 10.9. The van der Waals surface area contributed by atoms with E-state index in [1.807, 2.05) is 18.2 Å². The van der Waals surface area contributed by atoms with Gasteiger partial charge in [0, 0.05) is 12.6 Å². The fraction of sp³-hybridized carbons (Fsp3) is 0.125. The Balaban J connectivity index is 0.000000336. The van der Waals surface area contributed by atoms with Gasteiger partial charge in [-0.1, -0.05) is 18.2 Å². The molecule has 0 saturated heterocycles. The number of hydrogen-bond donors (Lipinski definition) is 3. The fourth-order valence-electron chi connectivity index (χ4n) is 0.734. The molecule has 15 heavy (non-hydrogen) atoms. The minimum absolute atomic E-state index is 0.0411. The first-order valence-electron chi connectivity index (χ1n) is 3.81. The maximum Gasteiger partial charge on any atom is 0.316 e. The standard InChI is InChI=1S/C8H9NO.H2O3S2/c1-9-8(10)7-5-3-2-4-6-7;1-5(2,3)4/h2-6H,1H3,(H,9,10);(H2,1,2,3,4). The summed E-state index contributed by atoms with van der Waals surface area (Å²) in [5.41, 5.74) is 0.699. The van der Waals surface area contributed by atoms with Crippen LogP contribution in [-0.2, 0) is 9.15 Å². The number of carbonyl (C=O) groups excluding carboxylic acids is 1. The second kappa shape index (κ2) is 6.44. The first-order chi connectivity index (χ1) is 6.84. The summed E-state index contributed by atoms with van der Waals surface area (Å²) >= 11 is 2.65. The average Bonchev–Trinajstić information content (AvgIpc) is 2.15. The van der Waals surface area contributed by atoms with Crippen LogP contribution in [0.2, 0.25) is 0 Å². The second-order valence-corrected chi connectivity index (χ2v) is 4.67. The van der Waals surface area contributed by atoms with Gasteiger partial charge in [0.1, 0.15) is 0 Å². The molecule has 1 amide bonds. The maximum atomic E-state index is 10.9. The molecule has 0 aliphatic heterocycles. The summed E-state index contributed by atoms with van der Waals surface area (Å²) in [5, 5.41) is 2.54. The molecule has 0 unspecified atom stereocenters. The molecule has 0 spiro atoms. The van der Waals surface area contributed by atoms with Crippen LogP contribution in [0.15, 0.2) is 30.3 Å². The molecule has 5 nitrogen and oxygen atoms in total. The summed E-state index contributed by atoms with van der Waals surface area (Å²) in [5.74, 6) is -0.0411. The molecule has 84 valence electrons. The summed E-state index contributed by atoms with van der Waals surface area (Å²) in [7, 11) is -2.35. The summed E-state index contributed by atoms with van der Waals surface area (Å²) in [6, 6.07) is 9.11. The molecule has 0 aliphatic carbocycles. The Morgan fingerprint density at radius 1 is 1.33 bits per heavy atom. The van der Waals surface area contributed by atoms with Crippen molar-refractivity contribution in [2.24, 2.45) is 0 Å². The first kappa shape index (κ1) is 13.9. The van der Waals surface area contributed by atoms with E-state index in [4.69, 9.17) is 13.0 Å². The van der Waals surface area contributed by atoms with E-state index in [1.165, 1.54) is 0 Å². The second-order valence-electron chi connectivity index (χ2n) is 2.39. The molecule has 0 radical (unpaired) electrons. The molecule has 1 aromatic rings. The fourth-order valence-corrected chi connectivity index (χ4v) is 0.734. The zero-order chi connectivity index (χ0) is 11.9. The molecule has 0 aromatic heterocycles. The predicted molar refractivity (Wildman–Crippen MR) is 60.4 cm³/mol. The highest BCUT2D eigenvalue weighted by Crippen LogP contribution is 1.96. The van der Waals surface area contributed by atoms with Crippen LogP contribution in [-0.4, -0.2) is 25.9 Å². The van der Waals surface area contributed by atoms with Crippen molar-refractivity contribution >= 4 is 26.7 Å². The maximum absolute atomic E-state index is 10.9. The SMILES string of the molecule is CNC(=O)c1ccccc1.O=S(=O)(O)S. The highest BCUT2D eigenvalue weighted by Gasteiger charge is 1.97. The average molecular weight is 249 g/mol. The molecule has 0 atom stereocenters. The van der Waals surface area contributed by atoms with Gasteiger partial charge in [-0.3, -0.25) is 9.35 Å². The molecule has 0 saturated carbocycles. The molecule has 1 aromatic carbocycles. The molecule has 0 heterocycles. The molecule has 0 aliphatic rings. The third kappa shape index (κ3) is 9.26. The van der Waals surface area contributed by atoms with E-state index in [0.29, 0.717) is 5.56 Å². The van der Waals surface area contributed by atoms with Gasteiger partial charge in [-0.2, -0.15) is 8.42 Å². The van der Waals surface area contributed by atoms with Gasteiger partial charge in [-0.05, 0) is 23.8 Å². The Morgan fingerprint density at radius 3 is 2.07 bits per heavy atom. The Morgan fingerprint density at radius 2 is 1.73 bits per heavy atom. The largest absolute Gasteiger partial charge is 0.355 e. The van der Waals surface area contributed by atoms with Crippen molar-refractivity contribution in [3.05, 3.63) is 35.9 Å². The van der Waals surface area contributed by atoms with Gasteiger partial charge >= 0.3 is 9.15 Å². The first-order valence-corrected chi connectivity index (χ1v) is 6.31. The lowest BCUT2D eigenvalue weighted by Gasteiger charge is -1.96. The van der Waals surface area contributed by atoms with Gasteiger partial charge in [-0.25, -0.2) is 0 Å². The predicted octanol–water partition coefficient (Wildman–Crippen LogP) is 0.765. The van der Waals surface area contributed by atoms with Crippen LogP contribution in [0.5, 0.6) is 0 Å². The molecule has 7 heteroatoms. The third-order valence-corrected chi connectivity index (χ3v) is 1.26. The van der Waals surface area contributed by atoms with Gasteiger partial charge in [0.05, 0.1) is 0 Å². The van der Waals surface area contributed by atoms with Crippen LogP contribution in [0, 0.1) is 0 Å². The lowest BCUT2D eigenvalue weighted by molar-refractivity contribution is 0.0963. The lowest BCUT2D eigenvalue weighted by atomic mass is 10.2. The van der Waals surface area contributed by atoms with Crippen molar-refractivity contribution in [3.8, 4) is 0 Å². The van der Waals surface area contributed by atoms with E-state index in [-0.39, 0.29) is 5.91 Å². The Labute approximate surface area is 93.1 Å². The lowest BCUT2D eigenvalue weighted by Crippen LogP contribution is -2.17. The Bertz CT molecular complexity index is 394. The number of amides is 1. The van der Waals surface area contributed by atoms with Crippen LogP contribution in [0.25, 0.3) is 0 Å². The van der Waals surface area contributed by atoms with Crippen molar-refractivity contribution in [1.29, 1.82) is 0 Å². The smallest absolute Gasteiger partial charge is 0.316 e. The van der Waals surface area contributed by atoms with Gasteiger partial charge in [-0.15, -0.1) is 0 Å². The van der Waals surface area contributed by atoms with Gasteiger partial charge in [0.2, 0.25) is 0 Å². The molecular weight excluding hydrogens is 238 g/mol. The Kier molecular flexibility index (Phi) is 5.99. The van der Waals surface area contributed by atoms with E-state index < -0.39 is 9.15 Å². The highest BCUT2D eigenvalue weighted by atomic mass is 33.1.